The number of aromatic nitrogens is 1. The average molecular weight is 436 g/mol. The number of anilines is 2. The third-order valence-electron chi connectivity index (χ3n) is 4.46. The van der Waals surface area contributed by atoms with Crippen LogP contribution >= 0.6 is 15.9 Å². The molecule has 1 saturated heterocycles. The highest BCUT2D eigenvalue weighted by atomic mass is 79.9. The van der Waals surface area contributed by atoms with Gasteiger partial charge in [-0.25, -0.2) is 4.98 Å². The largest absolute Gasteiger partial charge is 0.354 e. The summed E-state index contributed by atoms with van der Waals surface area (Å²) in [6.45, 7) is 3.80. The predicted molar refractivity (Wildman–Crippen MR) is 105 cm³/mol. The third-order valence-corrected chi connectivity index (χ3v) is 6.30. The monoisotopic (exact) mass is 435 g/mol. The number of halogens is 1. The highest BCUT2D eigenvalue weighted by Gasteiger charge is 2.26. The van der Waals surface area contributed by atoms with Crippen molar-refractivity contribution in [2.75, 3.05) is 42.9 Å². The molecule has 136 valence electrons. The van der Waals surface area contributed by atoms with Gasteiger partial charge in [0.15, 0.2) is 0 Å². The van der Waals surface area contributed by atoms with Crippen molar-refractivity contribution in [3.8, 4) is 0 Å². The first kappa shape index (κ1) is 17.4. The Kier molecular flexibility index (Phi) is 4.68. The van der Waals surface area contributed by atoms with Crippen LogP contribution in [0.1, 0.15) is 0 Å². The summed E-state index contributed by atoms with van der Waals surface area (Å²) in [5, 5.41) is 3.15. The Balaban J connectivity index is 1.41. The molecule has 26 heavy (non-hydrogen) atoms. The van der Waals surface area contributed by atoms with Gasteiger partial charge in [-0.15, -0.1) is 4.40 Å². The molecule has 0 saturated carbocycles. The molecule has 3 heterocycles. The lowest BCUT2D eigenvalue weighted by Gasteiger charge is -2.35. The van der Waals surface area contributed by atoms with E-state index in [4.69, 9.17) is 0 Å². The van der Waals surface area contributed by atoms with Gasteiger partial charge in [-0.1, -0.05) is 12.1 Å². The SMILES string of the molecule is O=S1(=O)N=C(CN2CCN(c3ccc(Br)cn3)CC2)Nc2ccccc21. The summed E-state index contributed by atoms with van der Waals surface area (Å²) in [6.07, 6.45) is 1.80. The van der Waals surface area contributed by atoms with Gasteiger partial charge < -0.3 is 10.2 Å². The predicted octanol–water partition coefficient (Wildman–Crippen LogP) is 2.18. The molecule has 0 unspecified atom stereocenters. The molecule has 1 fully saturated rings. The Morgan fingerprint density at radius 1 is 1.08 bits per heavy atom. The normalized spacial score (nSPS) is 19.4. The first-order valence-corrected chi connectivity index (χ1v) is 10.5. The number of hydrogen-bond acceptors (Lipinski definition) is 6. The number of hydrogen-bond donors (Lipinski definition) is 1. The molecule has 7 nitrogen and oxygen atoms in total. The molecular formula is C17H18BrN5O2S. The van der Waals surface area contributed by atoms with E-state index in [0.29, 0.717) is 18.1 Å². The molecule has 0 radical (unpaired) electrons. The number of sulfonamides is 1. The molecule has 0 bridgehead atoms. The fraction of sp³-hybridized carbons (Fsp3) is 0.294. The number of benzene rings is 1. The zero-order valence-electron chi connectivity index (χ0n) is 14.0. The molecule has 9 heteroatoms. The van der Waals surface area contributed by atoms with Crippen molar-refractivity contribution in [1.29, 1.82) is 0 Å². The van der Waals surface area contributed by atoms with Crippen LogP contribution in [0.15, 0.2) is 56.4 Å². The number of fused-ring (bicyclic) bond motifs is 1. The van der Waals surface area contributed by atoms with E-state index in [0.717, 1.165) is 36.5 Å². The minimum atomic E-state index is -3.63. The van der Waals surface area contributed by atoms with Gasteiger partial charge in [0, 0.05) is 36.8 Å². The molecule has 4 rings (SSSR count). The van der Waals surface area contributed by atoms with Crippen LogP contribution in [0.5, 0.6) is 0 Å². The van der Waals surface area contributed by atoms with Crippen LogP contribution in [0.25, 0.3) is 0 Å². The first-order chi connectivity index (χ1) is 12.5. The van der Waals surface area contributed by atoms with Crippen molar-refractivity contribution in [3.63, 3.8) is 0 Å². The molecule has 0 aliphatic carbocycles. The highest BCUT2D eigenvalue weighted by molar-refractivity contribution is 9.10. The zero-order valence-corrected chi connectivity index (χ0v) is 16.4. The van der Waals surface area contributed by atoms with Crippen LogP contribution in [-0.2, 0) is 10.0 Å². The van der Waals surface area contributed by atoms with Crippen LogP contribution in [0.2, 0.25) is 0 Å². The maximum Gasteiger partial charge on any atom is 0.286 e. The summed E-state index contributed by atoms with van der Waals surface area (Å²) >= 11 is 3.40. The number of para-hydroxylation sites is 1. The van der Waals surface area contributed by atoms with Gasteiger partial charge in [-0.3, -0.25) is 4.90 Å². The quantitative estimate of drug-likeness (QED) is 0.795. The Morgan fingerprint density at radius 3 is 2.58 bits per heavy atom. The molecule has 1 aromatic heterocycles. The average Bonchev–Trinajstić information content (AvgIpc) is 2.63. The second-order valence-electron chi connectivity index (χ2n) is 6.23. The van der Waals surface area contributed by atoms with E-state index >= 15 is 0 Å². The van der Waals surface area contributed by atoms with E-state index < -0.39 is 10.0 Å². The molecular weight excluding hydrogens is 418 g/mol. The molecule has 1 aromatic carbocycles. The van der Waals surface area contributed by atoms with E-state index in [1.165, 1.54) is 0 Å². The number of pyridine rings is 1. The van der Waals surface area contributed by atoms with Crippen LogP contribution in [-0.4, -0.2) is 56.9 Å². The fourth-order valence-corrected chi connectivity index (χ4v) is 4.51. The summed E-state index contributed by atoms with van der Waals surface area (Å²) in [7, 11) is -3.63. The van der Waals surface area contributed by atoms with Crippen molar-refractivity contribution >= 4 is 43.3 Å². The number of nitrogens with zero attached hydrogens (tertiary/aromatic N) is 4. The van der Waals surface area contributed by atoms with Crippen molar-refractivity contribution < 1.29 is 8.42 Å². The molecule has 2 aliphatic rings. The molecule has 0 atom stereocenters. The van der Waals surface area contributed by atoms with Crippen molar-refractivity contribution in [2.24, 2.45) is 4.40 Å². The standard InChI is InChI=1S/C17H18BrN5O2S/c18-13-5-6-17(19-11-13)23-9-7-22(8-10-23)12-16-20-14-3-1-2-4-15(14)26(24,25)21-16/h1-6,11H,7-10,12H2,(H,20,21). The molecule has 1 N–H and O–H groups in total. The maximum atomic E-state index is 12.3. The van der Waals surface area contributed by atoms with Crippen LogP contribution < -0.4 is 10.2 Å². The van der Waals surface area contributed by atoms with Crippen LogP contribution in [0.3, 0.4) is 0 Å². The zero-order chi connectivity index (χ0) is 18.1. The van der Waals surface area contributed by atoms with Gasteiger partial charge in [0.05, 0.1) is 12.2 Å². The first-order valence-electron chi connectivity index (χ1n) is 8.30. The lowest BCUT2D eigenvalue weighted by molar-refractivity contribution is 0.291. The van der Waals surface area contributed by atoms with Crippen molar-refractivity contribution in [2.45, 2.75) is 4.90 Å². The summed E-state index contributed by atoms with van der Waals surface area (Å²) in [4.78, 5) is 9.09. The number of piperazine rings is 1. The topological polar surface area (TPSA) is 77.9 Å². The minimum absolute atomic E-state index is 0.231. The maximum absolute atomic E-state index is 12.3. The second-order valence-corrected chi connectivity index (χ2v) is 8.72. The van der Waals surface area contributed by atoms with Gasteiger partial charge in [0.25, 0.3) is 10.0 Å². The van der Waals surface area contributed by atoms with Gasteiger partial charge in [-0.2, -0.15) is 8.42 Å². The van der Waals surface area contributed by atoms with E-state index in [1.807, 2.05) is 18.2 Å². The highest BCUT2D eigenvalue weighted by Crippen LogP contribution is 2.26. The summed E-state index contributed by atoms with van der Waals surface area (Å²) in [6, 6.07) is 10.8. The molecule has 2 aliphatic heterocycles. The summed E-state index contributed by atoms with van der Waals surface area (Å²) in [5.74, 6) is 1.43. The summed E-state index contributed by atoms with van der Waals surface area (Å²) in [5.41, 5.74) is 0.593. The van der Waals surface area contributed by atoms with Crippen molar-refractivity contribution in [1.82, 2.24) is 9.88 Å². The minimum Gasteiger partial charge on any atom is -0.354 e. The Bertz CT molecular complexity index is 938. The molecule has 2 aromatic rings. The van der Waals surface area contributed by atoms with E-state index in [9.17, 15) is 8.42 Å². The summed E-state index contributed by atoms with van der Waals surface area (Å²) < 4.78 is 29.5. The van der Waals surface area contributed by atoms with Gasteiger partial charge in [0.1, 0.15) is 16.5 Å². The van der Waals surface area contributed by atoms with Gasteiger partial charge in [-0.05, 0) is 40.2 Å². The molecule has 0 amide bonds. The Labute approximate surface area is 160 Å². The lowest BCUT2D eigenvalue weighted by Crippen LogP contribution is -2.49. The Morgan fingerprint density at radius 2 is 1.85 bits per heavy atom. The number of rotatable bonds is 3. The fourth-order valence-electron chi connectivity index (χ4n) is 3.14. The smallest absolute Gasteiger partial charge is 0.286 e. The molecule has 0 spiro atoms. The van der Waals surface area contributed by atoms with E-state index in [1.54, 1.807) is 24.4 Å². The van der Waals surface area contributed by atoms with E-state index in [2.05, 4.69) is 40.4 Å². The van der Waals surface area contributed by atoms with Crippen LogP contribution in [0.4, 0.5) is 11.5 Å². The lowest BCUT2D eigenvalue weighted by atomic mass is 10.3. The third kappa shape index (κ3) is 3.60. The van der Waals surface area contributed by atoms with Crippen molar-refractivity contribution in [3.05, 3.63) is 47.1 Å². The Hall–Kier alpha value is -1.97. The van der Waals surface area contributed by atoms with Gasteiger partial charge >= 0.3 is 0 Å². The van der Waals surface area contributed by atoms with E-state index in [-0.39, 0.29) is 4.90 Å². The number of nitrogens with one attached hydrogen (secondary N) is 1. The number of amidine groups is 1. The van der Waals surface area contributed by atoms with Crippen LogP contribution in [0, 0.1) is 0 Å². The second kappa shape index (κ2) is 6.98. The van der Waals surface area contributed by atoms with Gasteiger partial charge in [0.2, 0.25) is 0 Å².